The van der Waals surface area contributed by atoms with Crippen molar-refractivity contribution in [3.63, 3.8) is 0 Å². The quantitative estimate of drug-likeness (QED) is 0.763. The lowest BCUT2D eigenvalue weighted by atomic mass is 9.96. The van der Waals surface area contributed by atoms with E-state index in [-0.39, 0.29) is 11.9 Å². The minimum Gasteiger partial charge on any atom is -0.486 e. The number of piperidine rings is 1. The highest BCUT2D eigenvalue weighted by molar-refractivity contribution is 7.99. The molecule has 0 radical (unpaired) electrons. The van der Waals surface area contributed by atoms with E-state index < -0.39 is 0 Å². The fourth-order valence-electron chi connectivity index (χ4n) is 4.01. The normalized spacial score (nSPS) is 25.8. The molecule has 0 aliphatic carbocycles. The van der Waals surface area contributed by atoms with Crippen molar-refractivity contribution in [1.82, 2.24) is 9.80 Å². The third-order valence-corrected chi connectivity index (χ3v) is 6.41. The van der Waals surface area contributed by atoms with Gasteiger partial charge < -0.3 is 14.4 Å². The summed E-state index contributed by atoms with van der Waals surface area (Å²) in [6.45, 7) is 4.65. The van der Waals surface area contributed by atoms with Gasteiger partial charge in [-0.25, -0.2) is 4.39 Å². The molecule has 1 aromatic carbocycles. The fourth-order valence-corrected chi connectivity index (χ4v) is 4.69. The van der Waals surface area contributed by atoms with Gasteiger partial charge in [0.05, 0.1) is 5.37 Å². The maximum atomic E-state index is 13.4. The van der Waals surface area contributed by atoms with Crippen LogP contribution in [-0.4, -0.2) is 60.3 Å². The molecule has 0 amide bonds. The standard InChI is InChI=1S/C21H27FN2O2S/c1-27-21-4-2-3-9-24(21)13-16-7-10-23(11-8-16)14-18-15-25-19-6-5-17(22)12-20(19)26-18/h2-6,9,12,16,18,21H,7-8,10-11,13-15H2,1H3. The van der Waals surface area contributed by atoms with Crippen LogP contribution < -0.4 is 9.47 Å². The van der Waals surface area contributed by atoms with Crippen molar-refractivity contribution < 1.29 is 13.9 Å². The Balaban J connectivity index is 1.24. The van der Waals surface area contributed by atoms with E-state index in [1.807, 2.05) is 11.8 Å². The van der Waals surface area contributed by atoms with Crippen LogP contribution in [0.5, 0.6) is 11.5 Å². The number of ether oxygens (including phenoxy) is 2. The second-order valence-electron chi connectivity index (χ2n) is 7.44. The van der Waals surface area contributed by atoms with E-state index in [4.69, 9.17) is 9.47 Å². The van der Waals surface area contributed by atoms with E-state index in [0.29, 0.717) is 23.5 Å². The summed E-state index contributed by atoms with van der Waals surface area (Å²) in [5, 5.41) is 0.460. The lowest BCUT2D eigenvalue weighted by Crippen LogP contribution is -2.45. The fraction of sp³-hybridized carbons (Fsp3) is 0.524. The number of likely N-dealkylation sites (tertiary alicyclic amines) is 1. The van der Waals surface area contributed by atoms with Gasteiger partial charge in [0.25, 0.3) is 0 Å². The number of halogens is 1. The van der Waals surface area contributed by atoms with Crippen LogP contribution in [0.15, 0.2) is 42.6 Å². The summed E-state index contributed by atoms with van der Waals surface area (Å²) in [5.74, 6) is 1.60. The Morgan fingerprint density at radius 2 is 2.00 bits per heavy atom. The average Bonchev–Trinajstić information content (AvgIpc) is 2.69. The third-order valence-electron chi connectivity index (χ3n) is 5.49. The molecule has 4 rings (SSSR count). The predicted octanol–water partition coefficient (Wildman–Crippen LogP) is 3.75. The van der Waals surface area contributed by atoms with Gasteiger partial charge in [0, 0.05) is 25.4 Å². The third kappa shape index (κ3) is 4.61. The molecule has 3 heterocycles. The maximum absolute atomic E-state index is 13.4. The largest absolute Gasteiger partial charge is 0.486 e. The number of hydrogen-bond donors (Lipinski definition) is 0. The zero-order valence-corrected chi connectivity index (χ0v) is 16.5. The molecule has 0 aromatic heterocycles. The number of rotatable bonds is 5. The second-order valence-corrected chi connectivity index (χ2v) is 8.39. The van der Waals surface area contributed by atoms with Crippen molar-refractivity contribution in [3.8, 4) is 11.5 Å². The molecular formula is C21H27FN2O2S. The molecule has 4 nitrogen and oxygen atoms in total. The van der Waals surface area contributed by atoms with Gasteiger partial charge in [-0.3, -0.25) is 4.90 Å². The van der Waals surface area contributed by atoms with E-state index in [1.165, 1.54) is 25.0 Å². The summed E-state index contributed by atoms with van der Waals surface area (Å²) in [4.78, 5) is 4.90. The Bertz CT molecular complexity index is 703. The molecule has 2 unspecified atom stereocenters. The average molecular weight is 391 g/mol. The predicted molar refractivity (Wildman–Crippen MR) is 108 cm³/mol. The molecule has 3 aliphatic rings. The van der Waals surface area contributed by atoms with Gasteiger partial charge in [0.1, 0.15) is 18.5 Å². The van der Waals surface area contributed by atoms with E-state index in [0.717, 1.165) is 32.1 Å². The molecule has 3 aliphatic heterocycles. The topological polar surface area (TPSA) is 24.9 Å². The van der Waals surface area contributed by atoms with Crippen molar-refractivity contribution >= 4 is 11.8 Å². The monoisotopic (exact) mass is 390 g/mol. The zero-order valence-electron chi connectivity index (χ0n) is 15.7. The number of hydrogen-bond acceptors (Lipinski definition) is 5. The highest BCUT2D eigenvalue weighted by Gasteiger charge is 2.27. The van der Waals surface area contributed by atoms with E-state index in [2.05, 4.69) is 40.5 Å². The van der Waals surface area contributed by atoms with Gasteiger partial charge in [-0.15, -0.1) is 11.8 Å². The van der Waals surface area contributed by atoms with Crippen LogP contribution in [0.4, 0.5) is 4.39 Å². The Kier molecular flexibility index (Phi) is 5.93. The van der Waals surface area contributed by atoms with Crippen LogP contribution in [0.2, 0.25) is 0 Å². The summed E-state index contributed by atoms with van der Waals surface area (Å²) in [7, 11) is 0. The van der Waals surface area contributed by atoms with Gasteiger partial charge in [-0.2, -0.15) is 0 Å². The van der Waals surface area contributed by atoms with Crippen LogP contribution in [0, 0.1) is 11.7 Å². The van der Waals surface area contributed by atoms with Crippen molar-refractivity contribution in [2.75, 3.05) is 39.0 Å². The number of allylic oxidation sites excluding steroid dienone is 2. The first-order valence-electron chi connectivity index (χ1n) is 9.66. The summed E-state index contributed by atoms with van der Waals surface area (Å²) < 4.78 is 25.1. The maximum Gasteiger partial charge on any atom is 0.164 e. The molecule has 27 heavy (non-hydrogen) atoms. The summed E-state index contributed by atoms with van der Waals surface area (Å²) >= 11 is 1.88. The summed E-state index contributed by atoms with van der Waals surface area (Å²) in [5.41, 5.74) is 0. The van der Waals surface area contributed by atoms with Crippen molar-refractivity contribution in [2.24, 2.45) is 5.92 Å². The van der Waals surface area contributed by atoms with Gasteiger partial charge in [-0.05, 0) is 56.3 Å². The van der Waals surface area contributed by atoms with Crippen LogP contribution >= 0.6 is 11.8 Å². The summed E-state index contributed by atoms with van der Waals surface area (Å²) in [6.07, 6.45) is 13.3. The number of fused-ring (bicyclic) bond motifs is 1. The lowest BCUT2D eigenvalue weighted by molar-refractivity contribution is 0.0456. The van der Waals surface area contributed by atoms with Crippen LogP contribution in [0.1, 0.15) is 12.8 Å². The molecule has 1 aromatic rings. The Labute approximate surface area is 165 Å². The van der Waals surface area contributed by atoms with Gasteiger partial charge in [-0.1, -0.05) is 12.2 Å². The Hall–Kier alpha value is -1.66. The second kappa shape index (κ2) is 8.57. The molecule has 146 valence electrons. The van der Waals surface area contributed by atoms with Crippen molar-refractivity contribution in [1.29, 1.82) is 0 Å². The molecule has 6 heteroatoms. The van der Waals surface area contributed by atoms with E-state index in [9.17, 15) is 4.39 Å². The van der Waals surface area contributed by atoms with Crippen LogP contribution in [0.25, 0.3) is 0 Å². The molecule has 0 spiro atoms. The minimum atomic E-state index is -0.288. The number of thioether (sulfide) groups is 1. The molecule has 0 N–H and O–H groups in total. The van der Waals surface area contributed by atoms with Crippen molar-refractivity contribution in [2.45, 2.75) is 24.3 Å². The van der Waals surface area contributed by atoms with Gasteiger partial charge in [0.2, 0.25) is 0 Å². The minimum absolute atomic E-state index is 0.0353. The zero-order chi connectivity index (χ0) is 18.6. The first-order valence-corrected chi connectivity index (χ1v) is 10.9. The van der Waals surface area contributed by atoms with E-state index >= 15 is 0 Å². The smallest absolute Gasteiger partial charge is 0.164 e. The lowest BCUT2D eigenvalue weighted by Gasteiger charge is -2.38. The van der Waals surface area contributed by atoms with E-state index in [1.54, 1.807) is 6.07 Å². The van der Waals surface area contributed by atoms with Gasteiger partial charge >= 0.3 is 0 Å². The molecule has 0 saturated carbocycles. The van der Waals surface area contributed by atoms with Crippen molar-refractivity contribution in [3.05, 3.63) is 48.4 Å². The number of benzene rings is 1. The molecular weight excluding hydrogens is 363 g/mol. The Morgan fingerprint density at radius 3 is 2.81 bits per heavy atom. The van der Waals surface area contributed by atoms with Gasteiger partial charge in [0.15, 0.2) is 11.5 Å². The first kappa shape index (κ1) is 18.7. The van der Waals surface area contributed by atoms with Crippen LogP contribution in [0.3, 0.4) is 0 Å². The highest BCUT2D eigenvalue weighted by atomic mass is 32.2. The molecule has 1 saturated heterocycles. The molecule has 0 bridgehead atoms. The Morgan fingerprint density at radius 1 is 1.15 bits per heavy atom. The van der Waals surface area contributed by atoms with Crippen LogP contribution in [-0.2, 0) is 0 Å². The first-order chi connectivity index (χ1) is 13.2. The number of nitrogens with zero attached hydrogens (tertiary/aromatic N) is 2. The molecule has 2 atom stereocenters. The summed E-state index contributed by atoms with van der Waals surface area (Å²) in [6, 6.07) is 4.46. The SMILES string of the molecule is CSC1C=CC=CN1CC1CCN(CC2COc3ccc(F)cc3O2)CC1. The highest BCUT2D eigenvalue weighted by Crippen LogP contribution is 2.32. The molecule has 1 fully saturated rings.